The van der Waals surface area contributed by atoms with Crippen LogP contribution in [0.4, 0.5) is 0 Å². The van der Waals surface area contributed by atoms with Crippen molar-refractivity contribution in [1.82, 2.24) is 10.2 Å². The second kappa shape index (κ2) is 11.2. The molecule has 0 bridgehead atoms. The Labute approximate surface area is 215 Å². The SMILES string of the molecule is Cc1ccc(S(=O)(=O)OCCCCCCOc2cccc3c2C(=O)N(C2CCC(=O)NC2=O)C3=O)cc1. The van der Waals surface area contributed by atoms with Crippen LogP contribution in [0, 0.1) is 6.92 Å². The minimum atomic E-state index is -3.77. The summed E-state index contributed by atoms with van der Waals surface area (Å²) in [6.07, 6.45) is 2.81. The van der Waals surface area contributed by atoms with Gasteiger partial charge in [0.25, 0.3) is 21.9 Å². The van der Waals surface area contributed by atoms with Crippen LogP contribution in [-0.2, 0) is 23.9 Å². The third-order valence-electron chi connectivity index (χ3n) is 6.27. The monoisotopic (exact) mass is 528 g/mol. The highest BCUT2D eigenvalue weighted by molar-refractivity contribution is 7.86. The summed E-state index contributed by atoms with van der Waals surface area (Å²) in [4.78, 5) is 50.6. The average molecular weight is 529 g/mol. The third-order valence-corrected chi connectivity index (χ3v) is 7.60. The number of carbonyl (C=O) groups is 4. The molecule has 1 unspecified atom stereocenters. The van der Waals surface area contributed by atoms with E-state index < -0.39 is 39.8 Å². The van der Waals surface area contributed by atoms with Gasteiger partial charge in [0.1, 0.15) is 11.8 Å². The predicted molar refractivity (Wildman–Crippen MR) is 131 cm³/mol. The Morgan fingerprint density at radius 3 is 2.32 bits per heavy atom. The molecule has 0 aromatic heterocycles. The first-order valence-corrected chi connectivity index (χ1v) is 13.5. The molecule has 37 heavy (non-hydrogen) atoms. The van der Waals surface area contributed by atoms with Crippen LogP contribution in [0.15, 0.2) is 47.4 Å². The predicted octanol–water partition coefficient (Wildman–Crippen LogP) is 2.74. The minimum absolute atomic E-state index is 0.0517. The lowest BCUT2D eigenvalue weighted by molar-refractivity contribution is -0.136. The third kappa shape index (κ3) is 5.89. The molecule has 1 atom stereocenters. The molecule has 196 valence electrons. The molecule has 4 amide bonds. The van der Waals surface area contributed by atoms with Gasteiger partial charge in [0.05, 0.1) is 29.2 Å². The van der Waals surface area contributed by atoms with Crippen molar-refractivity contribution in [3.8, 4) is 5.75 Å². The Balaban J connectivity index is 1.23. The molecule has 2 aliphatic rings. The summed E-state index contributed by atoms with van der Waals surface area (Å²) >= 11 is 0. The van der Waals surface area contributed by atoms with Gasteiger partial charge < -0.3 is 4.74 Å². The molecule has 4 rings (SSSR count). The van der Waals surface area contributed by atoms with E-state index in [4.69, 9.17) is 8.92 Å². The molecule has 11 heteroatoms. The van der Waals surface area contributed by atoms with Gasteiger partial charge in [-0.15, -0.1) is 0 Å². The highest BCUT2D eigenvalue weighted by Crippen LogP contribution is 2.33. The minimum Gasteiger partial charge on any atom is -0.493 e. The van der Waals surface area contributed by atoms with Gasteiger partial charge in [-0.05, 0) is 56.9 Å². The van der Waals surface area contributed by atoms with Crippen molar-refractivity contribution in [2.75, 3.05) is 13.2 Å². The molecule has 1 N–H and O–H groups in total. The summed E-state index contributed by atoms with van der Waals surface area (Å²) in [6, 6.07) is 10.2. The number of hydrogen-bond donors (Lipinski definition) is 1. The van der Waals surface area contributed by atoms with Crippen LogP contribution >= 0.6 is 0 Å². The van der Waals surface area contributed by atoms with Gasteiger partial charge in [-0.25, -0.2) is 0 Å². The molecule has 0 saturated carbocycles. The molecule has 0 aliphatic carbocycles. The zero-order valence-electron chi connectivity index (χ0n) is 20.4. The first-order chi connectivity index (χ1) is 17.7. The van der Waals surface area contributed by atoms with E-state index in [9.17, 15) is 27.6 Å². The number of ether oxygens (including phenoxy) is 1. The van der Waals surface area contributed by atoms with Crippen molar-refractivity contribution in [2.24, 2.45) is 0 Å². The van der Waals surface area contributed by atoms with Crippen LogP contribution in [0.3, 0.4) is 0 Å². The van der Waals surface area contributed by atoms with E-state index in [1.165, 1.54) is 18.2 Å². The Hall–Kier alpha value is -3.57. The maximum atomic E-state index is 13.1. The maximum absolute atomic E-state index is 13.1. The summed E-state index contributed by atoms with van der Waals surface area (Å²) in [5, 5.41) is 2.17. The summed E-state index contributed by atoms with van der Waals surface area (Å²) in [5.41, 5.74) is 1.25. The Morgan fingerprint density at radius 1 is 0.919 bits per heavy atom. The summed E-state index contributed by atoms with van der Waals surface area (Å²) < 4.78 is 35.3. The zero-order valence-corrected chi connectivity index (χ0v) is 21.2. The molecule has 0 spiro atoms. The zero-order chi connectivity index (χ0) is 26.6. The topological polar surface area (TPSA) is 136 Å². The van der Waals surface area contributed by atoms with Crippen LogP contribution < -0.4 is 10.1 Å². The maximum Gasteiger partial charge on any atom is 0.296 e. The number of unbranched alkanes of at least 4 members (excludes halogenated alkanes) is 3. The Bertz CT molecular complexity index is 1320. The molecular formula is C26H28N2O8S. The lowest BCUT2D eigenvalue weighted by atomic mass is 10.0. The quantitative estimate of drug-likeness (QED) is 0.267. The van der Waals surface area contributed by atoms with Crippen molar-refractivity contribution in [3.63, 3.8) is 0 Å². The number of piperidine rings is 1. The van der Waals surface area contributed by atoms with Gasteiger partial charge >= 0.3 is 0 Å². The van der Waals surface area contributed by atoms with Crippen molar-refractivity contribution >= 4 is 33.7 Å². The average Bonchev–Trinajstić information content (AvgIpc) is 3.11. The van der Waals surface area contributed by atoms with E-state index in [0.29, 0.717) is 19.4 Å². The molecule has 10 nitrogen and oxygen atoms in total. The van der Waals surface area contributed by atoms with Crippen molar-refractivity contribution < 1.29 is 36.5 Å². The number of nitrogens with one attached hydrogen (secondary N) is 1. The van der Waals surface area contributed by atoms with Crippen molar-refractivity contribution in [2.45, 2.75) is 56.4 Å². The van der Waals surface area contributed by atoms with Crippen molar-refractivity contribution in [3.05, 3.63) is 59.2 Å². The lowest BCUT2D eigenvalue weighted by Gasteiger charge is -2.27. The van der Waals surface area contributed by atoms with E-state index >= 15 is 0 Å². The molecule has 0 radical (unpaired) electrons. The van der Waals surface area contributed by atoms with Gasteiger partial charge in [-0.3, -0.25) is 33.6 Å². The van der Waals surface area contributed by atoms with Crippen LogP contribution in [0.1, 0.15) is 64.8 Å². The smallest absolute Gasteiger partial charge is 0.296 e. The van der Waals surface area contributed by atoms with Crippen LogP contribution in [0.25, 0.3) is 0 Å². The lowest BCUT2D eigenvalue weighted by Crippen LogP contribution is -2.54. The molecular weight excluding hydrogens is 500 g/mol. The second-order valence-electron chi connectivity index (χ2n) is 8.98. The van der Waals surface area contributed by atoms with Crippen molar-refractivity contribution in [1.29, 1.82) is 0 Å². The number of hydrogen-bond acceptors (Lipinski definition) is 8. The van der Waals surface area contributed by atoms with Gasteiger partial charge in [0, 0.05) is 6.42 Å². The van der Waals surface area contributed by atoms with E-state index in [1.54, 1.807) is 24.3 Å². The van der Waals surface area contributed by atoms with Gasteiger partial charge in [0.2, 0.25) is 11.8 Å². The first-order valence-electron chi connectivity index (χ1n) is 12.1. The second-order valence-corrected chi connectivity index (χ2v) is 10.6. The van der Waals surface area contributed by atoms with E-state index in [-0.39, 0.29) is 41.2 Å². The molecule has 1 saturated heterocycles. The largest absolute Gasteiger partial charge is 0.493 e. The number of carbonyl (C=O) groups excluding carboxylic acids is 4. The normalized spacial score (nSPS) is 17.6. The number of amides is 4. The van der Waals surface area contributed by atoms with Crippen LogP contribution in [0.5, 0.6) is 5.75 Å². The van der Waals surface area contributed by atoms with E-state index in [2.05, 4.69) is 5.32 Å². The van der Waals surface area contributed by atoms with Gasteiger partial charge in [0.15, 0.2) is 0 Å². The highest BCUT2D eigenvalue weighted by Gasteiger charge is 2.45. The molecule has 2 aliphatic heterocycles. The summed E-state index contributed by atoms with van der Waals surface area (Å²) in [6.45, 7) is 2.24. The molecule has 2 heterocycles. The number of benzene rings is 2. The van der Waals surface area contributed by atoms with Gasteiger partial charge in [-0.2, -0.15) is 8.42 Å². The fourth-order valence-electron chi connectivity index (χ4n) is 4.29. The van der Waals surface area contributed by atoms with Crippen LogP contribution in [0.2, 0.25) is 0 Å². The number of aryl methyl sites for hydroxylation is 1. The standard InChI is InChI=1S/C26H28N2O8S/c1-17-9-11-18(12-10-17)37(33,34)36-16-5-3-2-4-15-35-21-8-6-7-19-23(21)26(32)28(25(19)31)20-13-14-22(29)27-24(20)30/h6-12,20H,2-5,13-16H2,1H3,(H,27,29,30). The summed E-state index contributed by atoms with van der Waals surface area (Å²) in [5.74, 6) is -2.03. The fraction of sp³-hybridized carbons (Fsp3) is 0.385. The molecule has 1 fully saturated rings. The number of rotatable bonds is 11. The fourth-order valence-corrected chi connectivity index (χ4v) is 5.23. The van der Waals surface area contributed by atoms with E-state index in [1.807, 2.05) is 6.92 Å². The Morgan fingerprint density at radius 2 is 1.62 bits per heavy atom. The van der Waals surface area contributed by atoms with Gasteiger partial charge in [-0.1, -0.05) is 30.2 Å². The van der Waals surface area contributed by atoms with E-state index in [0.717, 1.165) is 23.3 Å². The number of imide groups is 2. The number of fused-ring (bicyclic) bond motifs is 1. The first kappa shape index (κ1) is 26.5. The number of nitrogens with zero attached hydrogens (tertiary/aromatic N) is 1. The summed E-state index contributed by atoms with van der Waals surface area (Å²) in [7, 11) is -3.77. The Kier molecular flexibility index (Phi) is 8.03. The van der Waals surface area contributed by atoms with Crippen LogP contribution in [-0.4, -0.2) is 56.2 Å². The molecule has 2 aromatic rings. The highest BCUT2D eigenvalue weighted by atomic mass is 32.2. The molecule has 2 aromatic carbocycles.